The van der Waals surface area contributed by atoms with Crippen LogP contribution in [0.3, 0.4) is 0 Å². The highest BCUT2D eigenvalue weighted by Crippen LogP contribution is 2.26. The molecule has 1 amide bonds. The number of nitrogens with one attached hydrogen (secondary N) is 1. The summed E-state index contributed by atoms with van der Waals surface area (Å²) in [7, 11) is 0. The van der Waals surface area contributed by atoms with Crippen LogP contribution in [0.2, 0.25) is 5.02 Å². The predicted molar refractivity (Wildman–Crippen MR) is 96.8 cm³/mol. The van der Waals surface area contributed by atoms with Crippen molar-refractivity contribution in [3.05, 3.63) is 46.9 Å². The summed E-state index contributed by atoms with van der Waals surface area (Å²) < 4.78 is 46.7. The first-order valence-corrected chi connectivity index (χ1v) is 8.57. The number of halogens is 4. The Labute approximate surface area is 162 Å². The standard InChI is InChI=1S/C18H15ClF3N3O3/c1-9(2)16-25-13-6-11(3-4-14(13)28-16)24-15(26)10-5-12(19)17(23-7-10)27-8-18(20,21)22/h3-7,9H,8H2,1-2H3,(H,24,26). The molecule has 0 spiro atoms. The summed E-state index contributed by atoms with van der Waals surface area (Å²) >= 11 is 5.86. The summed E-state index contributed by atoms with van der Waals surface area (Å²) in [6.45, 7) is 2.37. The zero-order valence-corrected chi connectivity index (χ0v) is 15.6. The van der Waals surface area contributed by atoms with Crippen LogP contribution in [0.4, 0.5) is 18.9 Å². The average Bonchev–Trinajstić information content (AvgIpc) is 3.03. The van der Waals surface area contributed by atoms with E-state index < -0.39 is 24.6 Å². The second-order valence-electron chi connectivity index (χ2n) is 6.26. The number of fused-ring (bicyclic) bond motifs is 1. The molecule has 0 saturated heterocycles. The summed E-state index contributed by atoms with van der Waals surface area (Å²) in [4.78, 5) is 20.4. The third-order valence-corrected chi connectivity index (χ3v) is 3.87. The number of carbonyl (C=O) groups excluding carboxylic acids is 1. The summed E-state index contributed by atoms with van der Waals surface area (Å²) in [6.07, 6.45) is -3.44. The number of benzene rings is 1. The first-order chi connectivity index (χ1) is 13.1. The number of hydrogen-bond donors (Lipinski definition) is 1. The second kappa shape index (κ2) is 7.67. The number of aromatic nitrogens is 2. The van der Waals surface area contributed by atoms with Gasteiger partial charge in [0.25, 0.3) is 5.91 Å². The molecule has 2 aromatic heterocycles. The SMILES string of the molecule is CC(C)c1nc2cc(NC(=O)c3cnc(OCC(F)(F)F)c(Cl)c3)ccc2o1. The molecule has 0 radical (unpaired) electrons. The van der Waals surface area contributed by atoms with Gasteiger partial charge in [-0.1, -0.05) is 25.4 Å². The van der Waals surface area contributed by atoms with Gasteiger partial charge in [0.2, 0.25) is 5.88 Å². The van der Waals surface area contributed by atoms with Gasteiger partial charge in [0.05, 0.1) is 5.56 Å². The van der Waals surface area contributed by atoms with E-state index in [-0.39, 0.29) is 16.5 Å². The third kappa shape index (κ3) is 4.72. The van der Waals surface area contributed by atoms with Crippen molar-refractivity contribution in [3.63, 3.8) is 0 Å². The molecule has 0 atom stereocenters. The van der Waals surface area contributed by atoms with Gasteiger partial charge in [-0.25, -0.2) is 9.97 Å². The van der Waals surface area contributed by atoms with Gasteiger partial charge < -0.3 is 14.5 Å². The largest absolute Gasteiger partial charge is 0.467 e. The van der Waals surface area contributed by atoms with E-state index in [2.05, 4.69) is 20.0 Å². The van der Waals surface area contributed by atoms with E-state index in [0.29, 0.717) is 22.7 Å². The van der Waals surface area contributed by atoms with Crippen molar-refractivity contribution < 1.29 is 27.1 Å². The van der Waals surface area contributed by atoms with Crippen LogP contribution in [0.15, 0.2) is 34.9 Å². The molecule has 1 N–H and O–H groups in total. The number of alkyl halides is 3. The monoisotopic (exact) mass is 413 g/mol. The zero-order valence-electron chi connectivity index (χ0n) is 14.8. The van der Waals surface area contributed by atoms with Gasteiger partial charge in [0, 0.05) is 17.8 Å². The van der Waals surface area contributed by atoms with Crippen LogP contribution in [0, 0.1) is 0 Å². The van der Waals surface area contributed by atoms with Crippen molar-refractivity contribution in [3.8, 4) is 5.88 Å². The Hall–Kier alpha value is -2.81. The first-order valence-electron chi connectivity index (χ1n) is 8.19. The van der Waals surface area contributed by atoms with Crippen LogP contribution < -0.4 is 10.1 Å². The van der Waals surface area contributed by atoms with Gasteiger partial charge in [0.15, 0.2) is 18.1 Å². The van der Waals surface area contributed by atoms with E-state index in [1.165, 1.54) is 6.07 Å². The summed E-state index contributed by atoms with van der Waals surface area (Å²) in [5.41, 5.74) is 1.72. The fourth-order valence-corrected chi connectivity index (χ4v) is 2.50. The topological polar surface area (TPSA) is 77.2 Å². The molecule has 0 aliphatic heterocycles. The number of pyridine rings is 1. The summed E-state index contributed by atoms with van der Waals surface area (Å²) in [5.74, 6) is -0.231. The molecule has 0 aliphatic carbocycles. The minimum Gasteiger partial charge on any atom is -0.467 e. The van der Waals surface area contributed by atoms with Gasteiger partial charge >= 0.3 is 6.18 Å². The van der Waals surface area contributed by atoms with Crippen molar-refractivity contribution >= 4 is 34.3 Å². The highest BCUT2D eigenvalue weighted by molar-refractivity contribution is 6.32. The zero-order chi connectivity index (χ0) is 20.5. The smallest absolute Gasteiger partial charge is 0.422 e. The van der Waals surface area contributed by atoms with E-state index in [0.717, 1.165) is 6.20 Å². The molecule has 28 heavy (non-hydrogen) atoms. The van der Waals surface area contributed by atoms with Crippen molar-refractivity contribution in [2.45, 2.75) is 25.9 Å². The first kappa shape index (κ1) is 19.9. The fraction of sp³-hybridized carbons (Fsp3) is 0.278. The van der Waals surface area contributed by atoms with E-state index in [9.17, 15) is 18.0 Å². The highest BCUT2D eigenvalue weighted by atomic mass is 35.5. The molecule has 0 fully saturated rings. The van der Waals surface area contributed by atoms with Crippen LogP contribution in [-0.4, -0.2) is 28.7 Å². The summed E-state index contributed by atoms with van der Waals surface area (Å²) in [5, 5.41) is 2.45. The molecule has 10 heteroatoms. The van der Waals surface area contributed by atoms with Crippen LogP contribution in [0.1, 0.15) is 36.0 Å². The molecular weight excluding hydrogens is 399 g/mol. The fourth-order valence-electron chi connectivity index (χ4n) is 2.28. The number of rotatable bonds is 5. The van der Waals surface area contributed by atoms with E-state index in [1.807, 2.05) is 13.8 Å². The highest BCUT2D eigenvalue weighted by Gasteiger charge is 2.29. The van der Waals surface area contributed by atoms with E-state index in [4.69, 9.17) is 16.0 Å². The molecule has 3 rings (SSSR count). The normalized spacial score (nSPS) is 11.8. The average molecular weight is 414 g/mol. The minimum absolute atomic E-state index is 0.0625. The van der Waals surface area contributed by atoms with Crippen LogP contribution >= 0.6 is 11.6 Å². The molecule has 1 aromatic carbocycles. The van der Waals surface area contributed by atoms with Gasteiger partial charge in [-0.3, -0.25) is 4.79 Å². The van der Waals surface area contributed by atoms with Gasteiger partial charge in [-0.2, -0.15) is 13.2 Å². The van der Waals surface area contributed by atoms with Crippen molar-refractivity contribution in [2.24, 2.45) is 0 Å². The number of oxazole rings is 1. The number of carbonyl (C=O) groups is 1. The molecule has 0 bridgehead atoms. The Morgan fingerprint density at radius 2 is 2.07 bits per heavy atom. The van der Waals surface area contributed by atoms with Gasteiger partial charge in [0.1, 0.15) is 10.5 Å². The number of nitrogens with zero attached hydrogens (tertiary/aromatic N) is 2. The Morgan fingerprint density at radius 1 is 1.32 bits per heavy atom. The molecule has 6 nitrogen and oxygen atoms in total. The lowest BCUT2D eigenvalue weighted by atomic mass is 10.2. The van der Waals surface area contributed by atoms with E-state index in [1.54, 1.807) is 18.2 Å². The Balaban J connectivity index is 1.73. The Morgan fingerprint density at radius 3 is 2.71 bits per heavy atom. The lowest BCUT2D eigenvalue weighted by molar-refractivity contribution is -0.154. The van der Waals surface area contributed by atoms with Gasteiger partial charge in [-0.15, -0.1) is 0 Å². The van der Waals surface area contributed by atoms with Crippen molar-refractivity contribution in [1.82, 2.24) is 9.97 Å². The molecular formula is C18H15ClF3N3O3. The molecule has 2 heterocycles. The number of ether oxygens (including phenoxy) is 1. The van der Waals surface area contributed by atoms with Crippen LogP contribution in [-0.2, 0) is 0 Å². The predicted octanol–water partition coefficient (Wildman–Crippen LogP) is 5.19. The van der Waals surface area contributed by atoms with Crippen LogP contribution in [0.5, 0.6) is 5.88 Å². The Bertz CT molecular complexity index is 1020. The maximum Gasteiger partial charge on any atom is 0.422 e. The molecule has 148 valence electrons. The lowest BCUT2D eigenvalue weighted by Crippen LogP contribution is -2.20. The molecule has 0 unspecified atom stereocenters. The van der Waals surface area contributed by atoms with Crippen LogP contribution in [0.25, 0.3) is 11.1 Å². The maximum atomic E-state index is 12.4. The maximum absolute atomic E-state index is 12.4. The second-order valence-corrected chi connectivity index (χ2v) is 6.67. The van der Waals surface area contributed by atoms with Gasteiger partial charge in [-0.05, 0) is 24.3 Å². The number of hydrogen-bond acceptors (Lipinski definition) is 5. The third-order valence-electron chi connectivity index (χ3n) is 3.60. The lowest BCUT2D eigenvalue weighted by Gasteiger charge is -2.10. The molecule has 0 aliphatic rings. The molecule has 3 aromatic rings. The minimum atomic E-state index is -4.52. The molecule has 0 saturated carbocycles. The van der Waals surface area contributed by atoms with E-state index >= 15 is 0 Å². The Kier molecular flexibility index (Phi) is 5.46. The number of anilines is 1. The summed E-state index contributed by atoms with van der Waals surface area (Å²) in [6, 6.07) is 6.16. The van der Waals surface area contributed by atoms with Crippen molar-refractivity contribution in [2.75, 3.05) is 11.9 Å². The number of amides is 1. The van der Waals surface area contributed by atoms with Crippen molar-refractivity contribution in [1.29, 1.82) is 0 Å². The quantitative estimate of drug-likeness (QED) is 0.622.